The molecule has 0 spiro atoms. The SMILES string of the molecule is CC(C)n1c(CC2(CN)CCC2)nc2ccccc21. The van der Waals surface area contributed by atoms with E-state index in [1.54, 1.807) is 0 Å². The number of nitrogens with two attached hydrogens (primary N) is 1. The monoisotopic (exact) mass is 257 g/mol. The first-order valence-corrected chi connectivity index (χ1v) is 7.31. The first-order chi connectivity index (χ1) is 9.15. The third-order valence-electron chi connectivity index (χ3n) is 4.57. The van der Waals surface area contributed by atoms with Crippen molar-refractivity contribution in [3.8, 4) is 0 Å². The minimum atomic E-state index is 0.314. The molecule has 0 unspecified atom stereocenters. The van der Waals surface area contributed by atoms with Gasteiger partial charge in [-0.2, -0.15) is 0 Å². The van der Waals surface area contributed by atoms with Crippen molar-refractivity contribution in [2.24, 2.45) is 11.1 Å². The molecule has 1 fully saturated rings. The maximum atomic E-state index is 6.00. The lowest BCUT2D eigenvalue weighted by atomic mass is 9.66. The third-order valence-corrected chi connectivity index (χ3v) is 4.57. The minimum Gasteiger partial charge on any atom is -0.330 e. The molecule has 0 amide bonds. The van der Waals surface area contributed by atoms with Crippen molar-refractivity contribution in [1.82, 2.24) is 9.55 Å². The van der Waals surface area contributed by atoms with E-state index in [9.17, 15) is 0 Å². The van der Waals surface area contributed by atoms with Gasteiger partial charge in [0.2, 0.25) is 0 Å². The largest absolute Gasteiger partial charge is 0.330 e. The molecular weight excluding hydrogens is 234 g/mol. The van der Waals surface area contributed by atoms with E-state index in [0.29, 0.717) is 11.5 Å². The van der Waals surface area contributed by atoms with E-state index in [0.717, 1.165) is 18.5 Å². The van der Waals surface area contributed by atoms with E-state index < -0.39 is 0 Å². The van der Waals surface area contributed by atoms with Crippen molar-refractivity contribution in [2.45, 2.75) is 45.6 Å². The maximum Gasteiger partial charge on any atom is 0.110 e. The molecule has 0 atom stereocenters. The van der Waals surface area contributed by atoms with Gasteiger partial charge in [0.1, 0.15) is 5.82 Å². The molecule has 1 aliphatic rings. The molecule has 1 aliphatic carbocycles. The Morgan fingerprint density at radius 1 is 1.32 bits per heavy atom. The second kappa shape index (κ2) is 4.64. The molecule has 0 bridgehead atoms. The zero-order chi connectivity index (χ0) is 13.5. The number of rotatable bonds is 4. The molecular formula is C16H23N3. The summed E-state index contributed by atoms with van der Waals surface area (Å²) in [5.74, 6) is 1.21. The van der Waals surface area contributed by atoms with Crippen LogP contribution in [0.25, 0.3) is 11.0 Å². The Hall–Kier alpha value is -1.35. The highest BCUT2D eigenvalue weighted by molar-refractivity contribution is 5.76. The van der Waals surface area contributed by atoms with Crippen molar-refractivity contribution < 1.29 is 0 Å². The lowest BCUT2D eigenvalue weighted by Crippen LogP contribution is -2.40. The average Bonchev–Trinajstić information content (AvgIpc) is 2.71. The van der Waals surface area contributed by atoms with Crippen LogP contribution in [0.15, 0.2) is 24.3 Å². The first-order valence-electron chi connectivity index (χ1n) is 7.31. The van der Waals surface area contributed by atoms with Crippen LogP contribution in [0, 0.1) is 5.41 Å². The van der Waals surface area contributed by atoms with Gasteiger partial charge < -0.3 is 10.3 Å². The lowest BCUT2D eigenvalue weighted by Gasteiger charge is -2.41. The zero-order valence-electron chi connectivity index (χ0n) is 11.9. The van der Waals surface area contributed by atoms with Crippen molar-refractivity contribution in [1.29, 1.82) is 0 Å². The fourth-order valence-electron chi connectivity index (χ4n) is 3.26. The van der Waals surface area contributed by atoms with Crippen LogP contribution in [-0.2, 0) is 6.42 Å². The van der Waals surface area contributed by atoms with Crippen molar-refractivity contribution >= 4 is 11.0 Å². The summed E-state index contributed by atoms with van der Waals surface area (Å²) >= 11 is 0. The summed E-state index contributed by atoms with van der Waals surface area (Å²) in [6, 6.07) is 8.87. The Morgan fingerprint density at radius 3 is 2.63 bits per heavy atom. The number of hydrogen-bond acceptors (Lipinski definition) is 2. The molecule has 3 rings (SSSR count). The molecule has 0 saturated heterocycles. The summed E-state index contributed by atoms with van der Waals surface area (Å²) in [5.41, 5.74) is 8.67. The second-order valence-corrected chi connectivity index (χ2v) is 6.21. The molecule has 102 valence electrons. The molecule has 1 aromatic carbocycles. The number of imidazole rings is 1. The minimum absolute atomic E-state index is 0.314. The second-order valence-electron chi connectivity index (χ2n) is 6.21. The van der Waals surface area contributed by atoms with Crippen LogP contribution in [-0.4, -0.2) is 16.1 Å². The van der Waals surface area contributed by atoms with Crippen LogP contribution in [0.4, 0.5) is 0 Å². The van der Waals surface area contributed by atoms with Gasteiger partial charge in [-0.15, -0.1) is 0 Å². The predicted molar refractivity (Wildman–Crippen MR) is 79.2 cm³/mol. The summed E-state index contributed by atoms with van der Waals surface area (Å²) in [4.78, 5) is 4.86. The number of aromatic nitrogens is 2. The lowest BCUT2D eigenvalue weighted by molar-refractivity contribution is 0.139. The fraction of sp³-hybridized carbons (Fsp3) is 0.562. The third kappa shape index (κ3) is 2.06. The summed E-state index contributed by atoms with van der Waals surface area (Å²) in [5, 5.41) is 0. The average molecular weight is 257 g/mol. The number of nitrogens with zero attached hydrogens (tertiary/aromatic N) is 2. The van der Waals surface area contributed by atoms with Gasteiger partial charge >= 0.3 is 0 Å². The summed E-state index contributed by atoms with van der Waals surface area (Å²) in [7, 11) is 0. The van der Waals surface area contributed by atoms with E-state index in [2.05, 4.69) is 42.7 Å². The van der Waals surface area contributed by atoms with E-state index in [1.165, 1.54) is 30.6 Å². The van der Waals surface area contributed by atoms with Crippen LogP contribution in [0.2, 0.25) is 0 Å². The topological polar surface area (TPSA) is 43.8 Å². The van der Waals surface area contributed by atoms with E-state index in [-0.39, 0.29) is 0 Å². The van der Waals surface area contributed by atoms with Crippen LogP contribution >= 0.6 is 0 Å². The summed E-state index contributed by atoms with van der Waals surface area (Å²) < 4.78 is 2.38. The smallest absolute Gasteiger partial charge is 0.110 e. The summed E-state index contributed by atoms with van der Waals surface area (Å²) in [6.07, 6.45) is 4.85. The van der Waals surface area contributed by atoms with Gasteiger partial charge in [-0.25, -0.2) is 4.98 Å². The first kappa shape index (κ1) is 12.7. The molecule has 2 N–H and O–H groups in total. The van der Waals surface area contributed by atoms with Gasteiger partial charge in [0, 0.05) is 12.5 Å². The Bertz CT molecular complexity index is 573. The molecule has 0 aliphatic heterocycles. The van der Waals surface area contributed by atoms with Crippen LogP contribution < -0.4 is 5.73 Å². The van der Waals surface area contributed by atoms with Gasteiger partial charge in [-0.3, -0.25) is 0 Å². The fourth-order valence-corrected chi connectivity index (χ4v) is 3.26. The van der Waals surface area contributed by atoms with Crippen LogP contribution in [0.3, 0.4) is 0 Å². The number of hydrogen-bond donors (Lipinski definition) is 1. The van der Waals surface area contributed by atoms with E-state index in [4.69, 9.17) is 10.7 Å². The van der Waals surface area contributed by atoms with Crippen LogP contribution in [0.1, 0.15) is 45.0 Å². The van der Waals surface area contributed by atoms with Gasteiger partial charge in [0.05, 0.1) is 11.0 Å². The van der Waals surface area contributed by atoms with Crippen LogP contribution in [0.5, 0.6) is 0 Å². The molecule has 1 heterocycles. The van der Waals surface area contributed by atoms with Gasteiger partial charge in [0.25, 0.3) is 0 Å². The van der Waals surface area contributed by atoms with Crippen molar-refractivity contribution in [3.05, 3.63) is 30.1 Å². The highest BCUT2D eigenvalue weighted by Gasteiger charge is 2.37. The molecule has 1 saturated carbocycles. The van der Waals surface area contributed by atoms with Gasteiger partial charge in [0.15, 0.2) is 0 Å². The quantitative estimate of drug-likeness (QED) is 0.913. The van der Waals surface area contributed by atoms with Crippen molar-refractivity contribution in [2.75, 3.05) is 6.54 Å². The van der Waals surface area contributed by atoms with E-state index >= 15 is 0 Å². The number of fused-ring (bicyclic) bond motifs is 1. The normalized spacial score (nSPS) is 17.9. The van der Waals surface area contributed by atoms with Crippen molar-refractivity contribution in [3.63, 3.8) is 0 Å². The van der Waals surface area contributed by atoms with Gasteiger partial charge in [-0.1, -0.05) is 18.6 Å². The number of para-hydroxylation sites is 2. The predicted octanol–water partition coefficient (Wildman–Crippen LogP) is 3.29. The maximum absolute atomic E-state index is 6.00. The Morgan fingerprint density at radius 2 is 2.05 bits per heavy atom. The molecule has 19 heavy (non-hydrogen) atoms. The Labute approximate surface area is 114 Å². The molecule has 3 nitrogen and oxygen atoms in total. The standard InChI is InChI=1S/C16H23N3/c1-12(2)19-14-7-4-3-6-13(14)18-15(19)10-16(11-17)8-5-9-16/h3-4,6-7,12H,5,8-11,17H2,1-2H3. The van der Waals surface area contributed by atoms with Gasteiger partial charge in [-0.05, 0) is 50.8 Å². The molecule has 1 aromatic heterocycles. The number of benzene rings is 1. The molecule has 3 heteroatoms. The summed E-state index contributed by atoms with van der Waals surface area (Å²) in [6.45, 7) is 5.25. The molecule has 0 radical (unpaired) electrons. The van der Waals surface area contributed by atoms with E-state index in [1.807, 2.05) is 0 Å². The Kier molecular flexibility index (Phi) is 3.09. The zero-order valence-corrected chi connectivity index (χ0v) is 11.9. The molecule has 2 aromatic rings. The highest BCUT2D eigenvalue weighted by atomic mass is 15.1. The highest BCUT2D eigenvalue weighted by Crippen LogP contribution is 2.43. The Balaban J connectivity index is 2.05.